The first kappa shape index (κ1) is 18.2. The van der Waals surface area contributed by atoms with Gasteiger partial charge in [-0.3, -0.25) is 14.4 Å². The van der Waals surface area contributed by atoms with Crippen molar-refractivity contribution in [3.8, 4) is 0 Å². The van der Waals surface area contributed by atoms with E-state index in [1.807, 2.05) is 31.2 Å². The standard InChI is InChI=1S/C19H21N3O3/c1-3-20-18(24)19(25)22-16-10-5-4-9-15(16)17(23)21-12-14-8-6-7-13(2)11-14/h4-11H,3,12H2,1-2H3,(H,20,24)(H,21,23)(H,22,25). The number of likely N-dealkylation sites (N-methyl/N-ethyl adjacent to an activating group) is 1. The summed E-state index contributed by atoms with van der Waals surface area (Å²) in [7, 11) is 0. The molecule has 25 heavy (non-hydrogen) atoms. The van der Waals surface area contributed by atoms with Crippen molar-refractivity contribution in [2.24, 2.45) is 0 Å². The van der Waals surface area contributed by atoms with Gasteiger partial charge in [-0.05, 0) is 31.5 Å². The first-order valence-electron chi connectivity index (χ1n) is 8.03. The number of anilines is 1. The topological polar surface area (TPSA) is 87.3 Å². The predicted octanol–water partition coefficient (Wildman–Crippen LogP) is 2.00. The molecule has 3 amide bonds. The van der Waals surface area contributed by atoms with E-state index in [1.165, 1.54) is 0 Å². The molecule has 2 rings (SSSR count). The maximum Gasteiger partial charge on any atom is 0.313 e. The van der Waals surface area contributed by atoms with Crippen LogP contribution in [0.1, 0.15) is 28.4 Å². The molecule has 6 heteroatoms. The lowest BCUT2D eigenvalue weighted by atomic mass is 10.1. The zero-order valence-electron chi connectivity index (χ0n) is 14.3. The van der Waals surface area contributed by atoms with Crippen molar-refractivity contribution in [2.45, 2.75) is 20.4 Å². The van der Waals surface area contributed by atoms with Crippen molar-refractivity contribution in [3.63, 3.8) is 0 Å². The van der Waals surface area contributed by atoms with Gasteiger partial charge in [-0.1, -0.05) is 42.0 Å². The first-order valence-corrected chi connectivity index (χ1v) is 8.03. The Kier molecular flexibility index (Phi) is 6.28. The molecule has 130 valence electrons. The zero-order chi connectivity index (χ0) is 18.2. The molecule has 0 bridgehead atoms. The fourth-order valence-corrected chi connectivity index (χ4v) is 2.31. The molecule has 0 atom stereocenters. The number of aryl methyl sites for hydroxylation is 1. The van der Waals surface area contributed by atoms with Gasteiger partial charge < -0.3 is 16.0 Å². The molecular formula is C19H21N3O3. The van der Waals surface area contributed by atoms with Gasteiger partial charge in [0.05, 0.1) is 11.3 Å². The SMILES string of the molecule is CCNC(=O)C(=O)Nc1ccccc1C(=O)NCc1cccc(C)c1. The van der Waals surface area contributed by atoms with Gasteiger partial charge in [0, 0.05) is 13.1 Å². The summed E-state index contributed by atoms with van der Waals surface area (Å²) in [5.74, 6) is -1.87. The monoisotopic (exact) mass is 339 g/mol. The van der Waals surface area contributed by atoms with E-state index >= 15 is 0 Å². The summed E-state index contributed by atoms with van der Waals surface area (Å²) in [4.78, 5) is 35.8. The molecule has 0 aliphatic heterocycles. The van der Waals surface area contributed by atoms with Crippen LogP contribution in [-0.2, 0) is 16.1 Å². The lowest BCUT2D eigenvalue weighted by Gasteiger charge is -2.11. The highest BCUT2D eigenvalue weighted by Crippen LogP contribution is 2.15. The normalized spacial score (nSPS) is 10.0. The van der Waals surface area contributed by atoms with Gasteiger partial charge in [-0.25, -0.2) is 0 Å². The number of rotatable bonds is 5. The molecule has 2 aromatic carbocycles. The van der Waals surface area contributed by atoms with E-state index in [-0.39, 0.29) is 5.91 Å². The Morgan fingerprint density at radius 1 is 0.920 bits per heavy atom. The first-order chi connectivity index (χ1) is 12.0. The van der Waals surface area contributed by atoms with Gasteiger partial charge in [-0.2, -0.15) is 0 Å². The van der Waals surface area contributed by atoms with Crippen LogP contribution in [0, 0.1) is 6.92 Å². The summed E-state index contributed by atoms with van der Waals surface area (Å²) in [5.41, 5.74) is 2.69. The highest BCUT2D eigenvalue weighted by molar-refractivity contribution is 6.40. The summed E-state index contributed by atoms with van der Waals surface area (Å²) < 4.78 is 0. The lowest BCUT2D eigenvalue weighted by Crippen LogP contribution is -2.35. The minimum absolute atomic E-state index is 0.292. The largest absolute Gasteiger partial charge is 0.348 e. The fraction of sp³-hybridized carbons (Fsp3) is 0.211. The third kappa shape index (κ3) is 5.17. The lowest BCUT2D eigenvalue weighted by molar-refractivity contribution is -0.136. The second-order valence-corrected chi connectivity index (χ2v) is 5.53. The molecule has 0 unspecified atom stereocenters. The van der Waals surface area contributed by atoms with Crippen LogP contribution in [0.15, 0.2) is 48.5 Å². The quantitative estimate of drug-likeness (QED) is 0.728. The summed E-state index contributed by atoms with van der Waals surface area (Å²) in [5, 5.41) is 7.71. The van der Waals surface area contributed by atoms with Crippen LogP contribution in [-0.4, -0.2) is 24.3 Å². The van der Waals surface area contributed by atoms with Crippen LogP contribution in [0.4, 0.5) is 5.69 Å². The van der Waals surface area contributed by atoms with E-state index < -0.39 is 11.8 Å². The van der Waals surface area contributed by atoms with E-state index in [4.69, 9.17) is 0 Å². The van der Waals surface area contributed by atoms with Crippen molar-refractivity contribution in [1.29, 1.82) is 0 Å². The Hall–Kier alpha value is -3.15. The summed E-state index contributed by atoms with van der Waals surface area (Å²) >= 11 is 0. The maximum atomic E-state index is 12.4. The molecule has 0 saturated heterocycles. The highest BCUT2D eigenvalue weighted by atomic mass is 16.2. The van der Waals surface area contributed by atoms with Crippen LogP contribution in [0.25, 0.3) is 0 Å². The van der Waals surface area contributed by atoms with Crippen LogP contribution in [0.2, 0.25) is 0 Å². The Balaban J connectivity index is 2.07. The number of nitrogens with one attached hydrogen (secondary N) is 3. The Morgan fingerprint density at radius 3 is 2.40 bits per heavy atom. The predicted molar refractivity (Wildman–Crippen MR) is 96.1 cm³/mol. The molecular weight excluding hydrogens is 318 g/mol. The average Bonchev–Trinajstić information content (AvgIpc) is 2.60. The number of carbonyl (C=O) groups is 3. The molecule has 0 radical (unpaired) electrons. The van der Waals surface area contributed by atoms with Crippen LogP contribution < -0.4 is 16.0 Å². The zero-order valence-corrected chi connectivity index (χ0v) is 14.3. The molecule has 0 aliphatic carbocycles. The minimum Gasteiger partial charge on any atom is -0.348 e. The minimum atomic E-state index is -0.805. The summed E-state index contributed by atoms with van der Waals surface area (Å²) in [6.07, 6.45) is 0. The van der Waals surface area contributed by atoms with Gasteiger partial charge in [0.25, 0.3) is 5.91 Å². The molecule has 0 heterocycles. The molecule has 2 aromatic rings. The van der Waals surface area contributed by atoms with E-state index in [0.29, 0.717) is 24.3 Å². The Bertz CT molecular complexity index is 787. The second kappa shape index (κ2) is 8.63. The fourth-order valence-electron chi connectivity index (χ4n) is 2.31. The summed E-state index contributed by atoms with van der Waals surface area (Å²) in [6, 6.07) is 14.4. The van der Waals surface area contributed by atoms with Crippen LogP contribution >= 0.6 is 0 Å². The van der Waals surface area contributed by atoms with E-state index in [9.17, 15) is 14.4 Å². The molecule has 0 saturated carbocycles. The maximum absolute atomic E-state index is 12.4. The van der Waals surface area contributed by atoms with Gasteiger partial charge in [0.2, 0.25) is 0 Å². The molecule has 0 spiro atoms. The number of amides is 3. The van der Waals surface area contributed by atoms with E-state index in [2.05, 4.69) is 16.0 Å². The average molecular weight is 339 g/mol. The second-order valence-electron chi connectivity index (χ2n) is 5.53. The molecule has 0 aliphatic rings. The van der Waals surface area contributed by atoms with Gasteiger partial charge >= 0.3 is 11.8 Å². The van der Waals surface area contributed by atoms with Gasteiger partial charge in [-0.15, -0.1) is 0 Å². The smallest absolute Gasteiger partial charge is 0.313 e. The van der Waals surface area contributed by atoms with E-state index in [0.717, 1.165) is 11.1 Å². The number of hydrogen-bond donors (Lipinski definition) is 3. The Labute approximate surface area is 146 Å². The molecule has 0 aromatic heterocycles. The number of para-hydroxylation sites is 1. The highest BCUT2D eigenvalue weighted by Gasteiger charge is 2.17. The molecule has 3 N–H and O–H groups in total. The van der Waals surface area contributed by atoms with Crippen molar-refractivity contribution >= 4 is 23.4 Å². The number of benzene rings is 2. The Morgan fingerprint density at radius 2 is 1.68 bits per heavy atom. The van der Waals surface area contributed by atoms with Crippen LogP contribution in [0.5, 0.6) is 0 Å². The van der Waals surface area contributed by atoms with Crippen LogP contribution in [0.3, 0.4) is 0 Å². The number of carbonyl (C=O) groups excluding carboxylic acids is 3. The van der Waals surface area contributed by atoms with E-state index in [1.54, 1.807) is 31.2 Å². The van der Waals surface area contributed by atoms with Crippen molar-refractivity contribution in [2.75, 3.05) is 11.9 Å². The number of hydrogen-bond acceptors (Lipinski definition) is 3. The van der Waals surface area contributed by atoms with Crippen molar-refractivity contribution in [1.82, 2.24) is 10.6 Å². The molecule has 6 nitrogen and oxygen atoms in total. The third-order valence-corrected chi connectivity index (χ3v) is 3.50. The van der Waals surface area contributed by atoms with Gasteiger partial charge in [0.1, 0.15) is 0 Å². The van der Waals surface area contributed by atoms with Crippen molar-refractivity contribution in [3.05, 3.63) is 65.2 Å². The molecule has 0 fully saturated rings. The van der Waals surface area contributed by atoms with Gasteiger partial charge in [0.15, 0.2) is 0 Å². The third-order valence-electron chi connectivity index (χ3n) is 3.50. The summed E-state index contributed by atoms with van der Waals surface area (Å²) in [6.45, 7) is 4.43. The van der Waals surface area contributed by atoms with Crippen molar-refractivity contribution < 1.29 is 14.4 Å².